The van der Waals surface area contributed by atoms with Gasteiger partial charge < -0.3 is 0 Å². The minimum Gasteiger partial charge on any atom is -0.226 e. The molecule has 0 aliphatic rings. The molecular weight excluding hydrogens is 327 g/mol. The van der Waals surface area contributed by atoms with E-state index >= 15 is 0 Å². The summed E-state index contributed by atoms with van der Waals surface area (Å²) in [5.41, 5.74) is 2.77. The summed E-state index contributed by atoms with van der Waals surface area (Å²) in [6.07, 6.45) is 0.990. The van der Waals surface area contributed by atoms with E-state index in [0.29, 0.717) is 31.9 Å². The molecule has 0 aliphatic heterocycles. The van der Waals surface area contributed by atoms with Crippen molar-refractivity contribution in [1.29, 1.82) is 0 Å². The Morgan fingerprint density at radius 2 is 1.67 bits per heavy atom. The van der Waals surface area contributed by atoms with Crippen molar-refractivity contribution < 1.29 is 0 Å². The van der Waals surface area contributed by atoms with E-state index in [9.17, 15) is 0 Å². The molecule has 0 saturated carbocycles. The van der Waals surface area contributed by atoms with Crippen LogP contribution in [0.15, 0.2) is 36.4 Å². The molecule has 0 fully saturated rings. The average molecular weight is 338 g/mol. The molecule has 2 aromatic carbocycles. The minimum absolute atomic E-state index is 0.346. The van der Waals surface area contributed by atoms with Crippen LogP contribution in [-0.4, -0.2) is 9.97 Å². The molecule has 0 saturated heterocycles. The zero-order chi connectivity index (χ0) is 15.0. The van der Waals surface area contributed by atoms with E-state index in [1.807, 2.05) is 12.1 Å². The van der Waals surface area contributed by atoms with Crippen molar-refractivity contribution in [1.82, 2.24) is 9.97 Å². The highest BCUT2D eigenvalue weighted by molar-refractivity contribution is 6.41. The normalized spacial score (nSPS) is 11.0. The van der Waals surface area contributed by atoms with Gasteiger partial charge >= 0.3 is 0 Å². The average Bonchev–Trinajstić information content (AvgIpc) is 2.48. The smallest absolute Gasteiger partial charge is 0.161 e. The lowest BCUT2D eigenvalue weighted by molar-refractivity contribution is 1.14. The van der Waals surface area contributed by atoms with Gasteiger partial charge in [0.25, 0.3) is 0 Å². The van der Waals surface area contributed by atoms with Crippen LogP contribution in [0.5, 0.6) is 0 Å². The Kier molecular flexibility index (Phi) is 4.03. The van der Waals surface area contributed by atoms with Crippen LogP contribution < -0.4 is 0 Å². The second-order valence-corrected chi connectivity index (χ2v) is 5.87. The van der Waals surface area contributed by atoms with E-state index in [2.05, 4.69) is 29.0 Å². The minimum atomic E-state index is 0.346. The van der Waals surface area contributed by atoms with Gasteiger partial charge in [0.2, 0.25) is 0 Å². The Morgan fingerprint density at radius 1 is 0.952 bits per heavy atom. The number of fused-ring (bicyclic) bond motifs is 1. The van der Waals surface area contributed by atoms with Crippen LogP contribution in [0.3, 0.4) is 0 Å². The molecule has 0 spiro atoms. The zero-order valence-corrected chi connectivity index (χ0v) is 13.5. The number of rotatable bonds is 2. The third-order valence-corrected chi connectivity index (χ3v) is 4.09. The first-order valence-corrected chi connectivity index (χ1v) is 7.63. The highest BCUT2D eigenvalue weighted by Crippen LogP contribution is 2.32. The van der Waals surface area contributed by atoms with Gasteiger partial charge in [-0.1, -0.05) is 66.0 Å². The summed E-state index contributed by atoms with van der Waals surface area (Å²) in [7, 11) is 0. The lowest BCUT2D eigenvalue weighted by Crippen LogP contribution is -1.93. The molecule has 106 valence electrons. The fourth-order valence-electron chi connectivity index (χ4n) is 2.14. The summed E-state index contributed by atoms with van der Waals surface area (Å²) in [6, 6.07) is 11.5. The molecule has 0 amide bonds. The maximum Gasteiger partial charge on any atom is 0.161 e. The topological polar surface area (TPSA) is 25.8 Å². The van der Waals surface area contributed by atoms with Gasteiger partial charge in [-0.25, -0.2) is 9.97 Å². The molecule has 0 aliphatic carbocycles. The highest BCUT2D eigenvalue weighted by atomic mass is 35.5. The summed E-state index contributed by atoms with van der Waals surface area (Å²) in [6.45, 7) is 2.11. The number of aryl methyl sites for hydroxylation is 1. The van der Waals surface area contributed by atoms with Crippen molar-refractivity contribution in [2.24, 2.45) is 0 Å². The first-order valence-electron chi connectivity index (χ1n) is 6.50. The van der Waals surface area contributed by atoms with Crippen LogP contribution in [-0.2, 0) is 6.42 Å². The predicted molar refractivity (Wildman–Crippen MR) is 89.4 cm³/mol. The van der Waals surface area contributed by atoms with Crippen molar-refractivity contribution in [3.8, 4) is 11.4 Å². The van der Waals surface area contributed by atoms with Gasteiger partial charge in [-0.05, 0) is 24.1 Å². The lowest BCUT2D eigenvalue weighted by Gasteiger charge is -2.07. The predicted octanol–water partition coefficient (Wildman–Crippen LogP) is 5.82. The summed E-state index contributed by atoms with van der Waals surface area (Å²) in [5.74, 6) is 0.555. The van der Waals surface area contributed by atoms with Crippen LogP contribution in [0, 0.1) is 0 Å². The summed E-state index contributed by atoms with van der Waals surface area (Å²) >= 11 is 18.4. The SMILES string of the molecule is CCc1ccc(-c2nc(Cl)c3cc(Cl)cc(Cl)c3n2)cc1. The molecule has 1 heterocycles. The lowest BCUT2D eigenvalue weighted by atomic mass is 10.1. The zero-order valence-electron chi connectivity index (χ0n) is 11.2. The Morgan fingerprint density at radius 3 is 2.33 bits per heavy atom. The molecule has 2 nitrogen and oxygen atoms in total. The van der Waals surface area contributed by atoms with Crippen molar-refractivity contribution in [3.63, 3.8) is 0 Å². The van der Waals surface area contributed by atoms with E-state index in [4.69, 9.17) is 34.8 Å². The standard InChI is InChI=1S/C16H11Cl3N2/c1-2-9-3-5-10(6-4-9)16-20-14-12(15(19)21-16)7-11(17)8-13(14)18/h3-8H,2H2,1H3. The molecule has 1 aromatic heterocycles. The second-order valence-electron chi connectivity index (χ2n) is 4.67. The van der Waals surface area contributed by atoms with Crippen molar-refractivity contribution in [3.05, 3.63) is 57.2 Å². The molecule has 0 unspecified atom stereocenters. The van der Waals surface area contributed by atoms with E-state index in [0.717, 1.165) is 12.0 Å². The number of hydrogen-bond donors (Lipinski definition) is 0. The van der Waals surface area contributed by atoms with Gasteiger partial charge in [0.15, 0.2) is 5.82 Å². The third kappa shape index (κ3) is 2.84. The fourth-order valence-corrected chi connectivity index (χ4v) is 2.90. The number of benzene rings is 2. The van der Waals surface area contributed by atoms with E-state index < -0.39 is 0 Å². The maximum atomic E-state index is 6.25. The molecule has 3 rings (SSSR count). The Hall–Kier alpha value is -1.35. The molecule has 5 heteroatoms. The summed E-state index contributed by atoms with van der Waals surface area (Å²) < 4.78 is 0. The van der Waals surface area contributed by atoms with Gasteiger partial charge in [-0.3, -0.25) is 0 Å². The number of hydrogen-bond acceptors (Lipinski definition) is 2. The Balaban J connectivity index is 2.19. The van der Waals surface area contributed by atoms with Crippen LogP contribution in [0.4, 0.5) is 0 Å². The molecule has 3 aromatic rings. The Labute approximate surface area is 137 Å². The monoisotopic (exact) mass is 336 g/mol. The van der Waals surface area contributed by atoms with Gasteiger partial charge in [-0.15, -0.1) is 0 Å². The largest absolute Gasteiger partial charge is 0.226 e. The van der Waals surface area contributed by atoms with Gasteiger partial charge in [0, 0.05) is 16.0 Å². The van der Waals surface area contributed by atoms with E-state index in [1.54, 1.807) is 12.1 Å². The van der Waals surface area contributed by atoms with Crippen molar-refractivity contribution in [2.75, 3.05) is 0 Å². The first kappa shape index (κ1) is 14.6. The third-order valence-electron chi connectivity index (χ3n) is 3.29. The summed E-state index contributed by atoms with van der Waals surface area (Å²) in [5, 5.41) is 1.98. The van der Waals surface area contributed by atoms with Crippen LogP contribution >= 0.6 is 34.8 Å². The molecule has 0 N–H and O–H groups in total. The van der Waals surface area contributed by atoms with E-state index in [-0.39, 0.29) is 0 Å². The van der Waals surface area contributed by atoms with Gasteiger partial charge in [0.1, 0.15) is 5.15 Å². The van der Waals surface area contributed by atoms with Gasteiger partial charge in [-0.2, -0.15) is 0 Å². The van der Waals surface area contributed by atoms with Crippen LogP contribution in [0.1, 0.15) is 12.5 Å². The molecule has 21 heavy (non-hydrogen) atoms. The first-order chi connectivity index (χ1) is 10.1. The van der Waals surface area contributed by atoms with Crippen LogP contribution in [0.25, 0.3) is 22.3 Å². The highest BCUT2D eigenvalue weighted by Gasteiger charge is 2.11. The number of nitrogens with zero attached hydrogens (tertiary/aromatic N) is 2. The number of halogens is 3. The summed E-state index contributed by atoms with van der Waals surface area (Å²) in [4.78, 5) is 8.86. The van der Waals surface area contributed by atoms with E-state index in [1.165, 1.54) is 5.56 Å². The van der Waals surface area contributed by atoms with Crippen molar-refractivity contribution >= 4 is 45.7 Å². The quantitative estimate of drug-likeness (QED) is 0.551. The fraction of sp³-hybridized carbons (Fsp3) is 0.125. The van der Waals surface area contributed by atoms with Crippen molar-refractivity contribution in [2.45, 2.75) is 13.3 Å². The molecule has 0 atom stereocenters. The maximum absolute atomic E-state index is 6.25. The number of aromatic nitrogens is 2. The van der Waals surface area contributed by atoms with Gasteiger partial charge in [0.05, 0.1) is 10.5 Å². The second kappa shape index (κ2) is 5.80. The Bertz CT molecular complexity index is 814. The molecule has 0 radical (unpaired) electrons. The molecule has 0 bridgehead atoms. The molecular formula is C16H11Cl3N2. The van der Waals surface area contributed by atoms with Crippen LogP contribution in [0.2, 0.25) is 15.2 Å².